The van der Waals surface area contributed by atoms with E-state index in [1.54, 1.807) is 0 Å². The minimum Gasteiger partial charge on any atom is -0.353 e. The second kappa shape index (κ2) is 9.75. The molecule has 1 heterocycles. The second-order valence-corrected chi connectivity index (χ2v) is 8.03. The molecule has 0 saturated carbocycles. The number of amides is 1. The summed E-state index contributed by atoms with van der Waals surface area (Å²) in [5, 5.41) is 12.9. The third kappa shape index (κ3) is 5.59. The normalized spacial score (nSPS) is 12.0. The highest BCUT2D eigenvalue weighted by atomic mass is 35.5. The molecule has 28 heavy (non-hydrogen) atoms. The lowest BCUT2D eigenvalue weighted by Gasteiger charge is -2.13. The molecule has 3 aromatic rings. The van der Waals surface area contributed by atoms with Crippen molar-refractivity contribution in [3.63, 3.8) is 0 Å². The SMILES string of the molecule is CC(CCc1ccccc1)NC(=O)CSc1nnc(-c2ccc(Cl)cc2)n1C. The van der Waals surface area contributed by atoms with Gasteiger partial charge in [0.1, 0.15) is 0 Å². The summed E-state index contributed by atoms with van der Waals surface area (Å²) in [5.74, 6) is 1.06. The van der Waals surface area contributed by atoms with Crippen LogP contribution in [0.4, 0.5) is 0 Å². The van der Waals surface area contributed by atoms with E-state index in [-0.39, 0.29) is 11.9 Å². The third-order valence-electron chi connectivity index (χ3n) is 4.39. The molecule has 0 radical (unpaired) electrons. The highest BCUT2D eigenvalue weighted by Gasteiger charge is 2.14. The Labute approximate surface area is 174 Å². The van der Waals surface area contributed by atoms with Crippen LogP contribution < -0.4 is 5.32 Å². The van der Waals surface area contributed by atoms with Gasteiger partial charge in [-0.15, -0.1) is 10.2 Å². The first-order chi connectivity index (χ1) is 13.5. The number of hydrogen-bond donors (Lipinski definition) is 1. The third-order valence-corrected chi connectivity index (χ3v) is 5.66. The quantitative estimate of drug-likeness (QED) is 0.556. The Morgan fingerprint density at radius 1 is 1.14 bits per heavy atom. The molecule has 0 aliphatic heterocycles. The Morgan fingerprint density at radius 3 is 2.57 bits per heavy atom. The highest BCUT2D eigenvalue weighted by Crippen LogP contribution is 2.23. The molecule has 1 aromatic heterocycles. The van der Waals surface area contributed by atoms with Gasteiger partial charge in [-0.2, -0.15) is 0 Å². The average molecular weight is 415 g/mol. The Morgan fingerprint density at radius 2 is 1.86 bits per heavy atom. The molecule has 146 valence electrons. The molecule has 0 spiro atoms. The second-order valence-electron chi connectivity index (χ2n) is 6.65. The minimum atomic E-state index is 0.00149. The molecule has 1 N–H and O–H groups in total. The predicted molar refractivity (Wildman–Crippen MR) is 115 cm³/mol. The van der Waals surface area contributed by atoms with Crippen molar-refractivity contribution in [1.82, 2.24) is 20.1 Å². The molecule has 1 unspecified atom stereocenters. The number of thioether (sulfide) groups is 1. The molecule has 5 nitrogen and oxygen atoms in total. The van der Waals surface area contributed by atoms with Crippen LogP contribution in [0.3, 0.4) is 0 Å². The molecule has 0 saturated heterocycles. The Balaban J connectivity index is 1.48. The van der Waals surface area contributed by atoms with Gasteiger partial charge in [0.05, 0.1) is 5.75 Å². The summed E-state index contributed by atoms with van der Waals surface area (Å²) in [5.41, 5.74) is 2.22. The van der Waals surface area contributed by atoms with E-state index in [0.29, 0.717) is 15.9 Å². The van der Waals surface area contributed by atoms with Crippen LogP contribution >= 0.6 is 23.4 Å². The number of carbonyl (C=O) groups is 1. The van der Waals surface area contributed by atoms with Crippen molar-refractivity contribution < 1.29 is 4.79 Å². The van der Waals surface area contributed by atoms with Gasteiger partial charge in [0.15, 0.2) is 11.0 Å². The number of aromatic nitrogens is 3. The molecule has 1 amide bonds. The maximum atomic E-state index is 12.3. The smallest absolute Gasteiger partial charge is 0.230 e. The lowest BCUT2D eigenvalue weighted by atomic mass is 10.1. The molecule has 0 fully saturated rings. The summed E-state index contributed by atoms with van der Waals surface area (Å²) < 4.78 is 1.89. The van der Waals surface area contributed by atoms with E-state index >= 15 is 0 Å². The van der Waals surface area contributed by atoms with Crippen molar-refractivity contribution in [2.24, 2.45) is 7.05 Å². The van der Waals surface area contributed by atoms with Gasteiger partial charge in [0, 0.05) is 23.7 Å². The maximum Gasteiger partial charge on any atom is 0.230 e. The van der Waals surface area contributed by atoms with E-state index in [0.717, 1.165) is 24.2 Å². The van der Waals surface area contributed by atoms with E-state index in [1.165, 1.54) is 17.3 Å². The maximum absolute atomic E-state index is 12.3. The topological polar surface area (TPSA) is 59.8 Å². The number of halogens is 1. The van der Waals surface area contributed by atoms with Crippen molar-refractivity contribution in [1.29, 1.82) is 0 Å². The van der Waals surface area contributed by atoms with Crippen LogP contribution in [0.2, 0.25) is 5.02 Å². The number of benzene rings is 2. The fraction of sp³-hybridized carbons (Fsp3) is 0.286. The van der Waals surface area contributed by atoms with Gasteiger partial charge in [0.2, 0.25) is 5.91 Å². The Hall–Kier alpha value is -2.31. The summed E-state index contributed by atoms with van der Waals surface area (Å²) in [4.78, 5) is 12.3. The van der Waals surface area contributed by atoms with Gasteiger partial charge in [-0.3, -0.25) is 4.79 Å². The van der Waals surface area contributed by atoms with E-state index in [2.05, 4.69) is 27.6 Å². The monoisotopic (exact) mass is 414 g/mol. The zero-order chi connectivity index (χ0) is 19.9. The highest BCUT2D eigenvalue weighted by molar-refractivity contribution is 7.99. The number of rotatable bonds is 8. The molecule has 1 atom stereocenters. The molecule has 7 heteroatoms. The standard InChI is InChI=1S/C21H23ClN4OS/c1-15(8-9-16-6-4-3-5-7-16)23-19(27)14-28-21-25-24-20(26(21)2)17-10-12-18(22)13-11-17/h3-7,10-13,15H,8-9,14H2,1-2H3,(H,23,27). The van der Waals surface area contributed by atoms with Gasteiger partial charge in [-0.25, -0.2) is 0 Å². The molecular weight excluding hydrogens is 392 g/mol. The van der Waals surface area contributed by atoms with Crippen LogP contribution in [-0.2, 0) is 18.3 Å². The number of carbonyl (C=O) groups excluding carboxylic acids is 1. The predicted octanol–water partition coefficient (Wildman–Crippen LogP) is 4.37. The number of nitrogens with one attached hydrogen (secondary N) is 1. The van der Waals surface area contributed by atoms with E-state index in [1.807, 2.05) is 61.0 Å². The summed E-state index contributed by atoms with van der Waals surface area (Å²) in [6, 6.07) is 17.9. The van der Waals surface area contributed by atoms with E-state index in [4.69, 9.17) is 11.6 Å². The lowest BCUT2D eigenvalue weighted by Crippen LogP contribution is -2.34. The Kier molecular flexibility index (Phi) is 7.12. The van der Waals surface area contributed by atoms with Crippen molar-refractivity contribution in [3.8, 4) is 11.4 Å². The van der Waals surface area contributed by atoms with Gasteiger partial charge >= 0.3 is 0 Å². The lowest BCUT2D eigenvalue weighted by molar-refractivity contribution is -0.119. The van der Waals surface area contributed by atoms with Crippen molar-refractivity contribution in [3.05, 3.63) is 65.2 Å². The molecule has 0 bridgehead atoms. The molecule has 0 aliphatic carbocycles. The van der Waals surface area contributed by atoms with E-state index < -0.39 is 0 Å². The van der Waals surface area contributed by atoms with Crippen molar-refractivity contribution in [2.75, 3.05) is 5.75 Å². The first kappa shape index (κ1) is 20.4. The molecule has 0 aliphatic rings. The fourth-order valence-electron chi connectivity index (χ4n) is 2.84. The number of aryl methyl sites for hydroxylation is 1. The minimum absolute atomic E-state index is 0.00149. The van der Waals surface area contributed by atoms with Crippen LogP contribution in [0.5, 0.6) is 0 Å². The molecular formula is C21H23ClN4OS. The largest absolute Gasteiger partial charge is 0.353 e. The zero-order valence-electron chi connectivity index (χ0n) is 15.9. The summed E-state index contributed by atoms with van der Waals surface area (Å²) in [6.07, 6.45) is 1.86. The first-order valence-electron chi connectivity index (χ1n) is 9.14. The molecule has 3 rings (SSSR count). The summed E-state index contributed by atoms with van der Waals surface area (Å²) in [6.45, 7) is 2.03. The zero-order valence-corrected chi connectivity index (χ0v) is 17.5. The van der Waals surface area contributed by atoms with Crippen LogP contribution in [0, 0.1) is 0 Å². The van der Waals surface area contributed by atoms with Crippen LogP contribution in [0.15, 0.2) is 59.8 Å². The molecule has 2 aromatic carbocycles. The van der Waals surface area contributed by atoms with Gasteiger partial charge in [-0.1, -0.05) is 53.7 Å². The van der Waals surface area contributed by atoms with Crippen LogP contribution in [0.1, 0.15) is 18.9 Å². The van der Waals surface area contributed by atoms with Crippen molar-refractivity contribution in [2.45, 2.75) is 31.0 Å². The van der Waals surface area contributed by atoms with Crippen LogP contribution in [0.25, 0.3) is 11.4 Å². The van der Waals surface area contributed by atoms with Gasteiger partial charge < -0.3 is 9.88 Å². The van der Waals surface area contributed by atoms with E-state index in [9.17, 15) is 4.79 Å². The average Bonchev–Trinajstić information content (AvgIpc) is 3.07. The van der Waals surface area contributed by atoms with Crippen molar-refractivity contribution >= 4 is 29.3 Å². The van der Waals surface area contributed by atoms with Crippen LogP contribution in [-0.4, -0.2) is 32.5 Å². The Bertz CT molecular complexity index is 912. The fourth-order valence-corrected chi connectivity index (χ4v) is 3.69. The summed E-state index contributed by atoms with van der Waals surface area (Å²) >= 11 is 7.32. The van der Waals surface area contributed by atoms with Gasteiger partial charge in [0.25, 0.3) is 0 Å². The first-order valence-corrected chi connectivity index (χ1v) is 10.5. The number of hydrogen-bond acceptors (Lipinski definition) is 4. The summed E-state index contributed by atoms with van der Waals surface area (Å²) in [7, 11) is 1.90. The van der Waals surface area contributed by atoms with Gasteiger partial charge in [-0.05, 0) is 49.6 Å². The number of nitrogens with zero attached hydrogens (tertiary/aromatic N) is 3.